The molecule has 0 aliphatic carbocycles. The minimum atomic E-state index is 0.554. The monoisotopic (exact) mass is 214 g/mol. The number of ether oxygens (including phenoxy) is 1. The minimum absolute atomic E-state index is 0.554. The Hall–Kier alpha value is -1.87. The zero-order chi connectivity index (χ0) is 11.4. The van der Waals surface area contributed by atoms with E-state index in [1.807, 2.05) is 36.4 Å². The Labute approximate surface area is 94.6 Å². The highest BCUT2D eigenvalue weighted by Crippen LogP contribution is 2.18. The summed E-state index contributed by atoms with van der Waals surface area (Å²) in [6.45, 7) is 0.554. The van der Waals surface area contributed by atoms with E-state index in [1.54, 1.807) is 7.11 Å². The second kappa shape index (κ2) is 4.77. The van der Waals surface area contributed by atoms with Crippen molar-refractivity contribution in [2.75, 3.05) is 13.7 Å². The number of fused-ring (bicyclic) bond motifs is 1. The molecule has 0 bridgehead atoms. The van der Waals surface area contributed by atoms with Crippen LogP contribution >= 0.6 is 0 Å². The van der Waals surface area contributed by atoms with Crippen LogP contribution in [0.25, 0.3) is 17.0 Å². The van der Waals surface area contributed by atoms with Gasteiger partial charge in [0, 0.05) is 18.0 Å². The number of rotatable bonds is 3. The fraction of sp³-hybridized carbons (Fsp3) is 0.154. The van der Waals surface area contributed by atoms with Crippen LogP contribution in [0.2, 0.25) is 0 Å². The zero-order valence-electron chi connectivity index (χ0n) is 9.18. The Bertz CT molecular complexity index is 520. The van der Waals surface area contributed by atoms with Crippen molar-refractivity contribution in [2.45, 2.75) is 0 Å². The average molecular weight is 214 g/mol. The maximum Gasteiger partial charge on any atom is 0.213 e. The van der Waals surface area contributed by atoms with Gasteiger partial charge in [-0.25, -0.2) is 4.98 Å². The quantitative estimate of drug-likeness (QED) is 0.852. The van der Waals surface area contributed by atoms with Crippen molar-refractivity contribution in [2.24, 2.45) is 5.73 Å². The van der Waals surface area contributed by atoms with Crippen LogP contribution in [-0.2, 0) is 0 Å². The third-order valence-electron chi connectivity index (χ3n) is 2.34. The molecule has 3 nitrogen and oxygen atoms in total. The van der Waals surface area contributed by atoms with Crippen LogP contribution < -0.4 is 10.5 Å². The van der Waals surface area contributed by atoms with E-state index < -0.39 is 0 Å². The van der Waals surface area contributed by atoms with E-state index in [2.05, 4.69) is 11.1 Å². The molecule has 0 aliphatic heterocycles. The minimum Gasteiger partial charge on any atom is -0.481 e. The highest BCUT2D eigenvalue weighted by atomic mass is 16.5. The van der Waals surface area contributed by atoms with Gasteiger partial charge in [0.05, 0.1) is 12.6 Å². The molecule has 3 heteroatoms. The van der Waals surface area contributed by atoms with Gasteiger partial charge in [0.15, 0.2) is 0 Å². The Morgan fingerprint density at radius 2 is 2.19 bits per heavy atom. The van der Waals surface area contributed by atoms with Crippen molar-refractivity contribution < 1.29 is 4.74 Å². The predicted octanol–water partition coefficient (Wildman–Crippen LogP) is 2.22. The molecule has 2 N–H and O–H groups in total. The molecule has 0 spiro atoms. The van der Waals surface area contributed by atoms with Gasteiger partial charge in [-0.15, -0.1) is 0 Å². The molecular formula is C13H14N2O. The van der Waals surface area contributed by atoms with E-state index >= 15 is 0 Å². The first-order valence-corrected chi connectivity index (χ1v) is 5.15. The number of hydrogen-bond donors (Lipinski definition) is 1. The van der Waals surface area contributed by atoms with Gasteiger partial charge in [-0.1, -0.05) is 18.2 Å². The smallest absolute Gasteiger partial charge is 0.213 e. The molecule has 1 aromatic carbocycles. The first-order valence-electron chi connectivity index (χ1n) is 5.15. The van der Waals surface area contributed by atoms with Crippen LogP contribution in [-0.4, -0.2) is 18.6 Å². The van der Waals surface area contributed by atoms with Crippen molar-refractivity contribution in [3.8, 4) is 5.88 Å². The number of aromatic nitrogens is 1. The maximum atomic E-state index is 5.41. The van der Waals surface area contributed by atoms with Gasteiger partial charge < -0.3 is 10.5 Å². The molecule has 0 saturated heterocycles. The van der Waals surface area contributed by atoms with Gasteiger partial charge in [0.2, 0.25) is 5.88 Å². The lowest BCUT2D eigenvalue weighted by Crippen LogP contribution is -1.92. The maximum absolute atomic E-state index is 5.41. The van der Waals surface area contributed by atoms with Crippen LogP contribution in [0.15, 0.2) is 36.4 Å². The van der Waals surface area contributed by atoms with E-state index in [-0.39, 0.29) is 0 Å². The normalized spacial score (nSPS) is 11.1. The summed E-state index contributed by atoms with van der Waals surface area (Å²) in [7, 11) is 1.62. The molecule has 82 valence electrons. The fourth-order valence-electron chi connectivity index (χ4n) is 1.55. The Kier molecular flexibility index (Phi) is 3.17. The summed E-state index contributed by atoms with van der Waals surface area (Å²) in [6, 6.07) is 9.93. The highest BCUT2D eigenvalue weighted by Gasteiger charge is 1.98. The van der Waals surface area contributed by atoms with Crippen LogP contribution in [0.5, 0.6) is 5.88 Å². The Morgan fingerprint density at radius 1 is 1.31 bits per heavy atom. The first kappa shape index (κ1) is 10.6. The second-order valence-corrected chi connectivity index (χ2v) is 3.44. The van der Waals surface area contributed by atoms with Crippen molar-refractivity contribution >= 4 is 17.0 Å². The van der Waals surface area contributed by atoms with Crippen molar-refractivity contribution in [3.63, 3.8) is 0 Å². The van der Waals surface area contributed by atoms with Crippen LogP contribution in [0.1, 0.15) is 5.56 Å². The number of pyridine rings is 1. The van der Waals surface area contributed by atoms with Crippen molar-refractivity contribution in [1.29, 1.82) is 0 Å². The molecule has 0 atom stereocenters. The molecule has 0 amide bonds. The molecule has 0 fully saturated rings. The highest BCUT2D eigenvalue weighted by molar-refractivity contribution is 5.81. The van der Waals surface area contributed by atoms with Crippen molar-refractivity contribution in [3.05, 3.63) is 42.0 Å². The number of nitrogens with two attached hydrogens (primary N) is 1. The van der Waals surface area contributed by atoms with Gasteiger partial charge >= 0.3 is 0 Å². The van der Waals surface area contributed by atoms with Crippen molar-refractivity contribution in [1.82, 2.24) is 4.98 Å². The number of hydrogen-bond acceptors (Lipinski definition) is 3. The SMILES string of the molecule is COc1ccc2cc(C=CCN)ccc2n1. The Morgan fingerprint density at radius 3 is 2.94 bits per heavy atom. The molecule has 0 aliphatic rings. The number of methoxy groups -OCH3 is 1. The molecule has 1 heterocycles. The molecule has 16 heavy (non-hydrogen) atoms. The van der Waals surface area contributed by atoms with Crippen LogP contribution in [0, 0.1) is 0 Å². The zero-order valence-corrected chi connectivity index (χ0v) is 9.18. The molecule has 2 aromatic rings. The first-order chi connectivity index (χ1) is 7.83. The topological polar surface area (TPSA) is 48.1 Å². The predicted molar refractivity (Wildman–Crippen MR) is 66.4 cm³/mol. The van der Waals surface area contributed by atoms with E-state index in [1.165, 1.54) is 0 Å². The lowest BCUT2D eigenvalue weighted by Gasteiger charge is -2.02. The van der Waals surface area contributed by atoms with Gasteiger partial charge in [-0.3, -0.25) is 0 Å². The number of benzene rings is 1. The summed E-state index contributed by atoms with van der Waals surface area (Å²) >= 11 is 0. The number of nitrogens with zero attached hydrogens (tertiary/aromatic N) is 1. The lowest BCUT2D eigenvalue weighted by molar-refractivity contribution is 0.399. The summed E-state index contributed by atoms with van der Waals surface area (Å²) in [5.74, 6) is 0.637. The van der Waals surface area contributed by atoms with Crippen LogP contribution in [0.3, 0.4) is 0 Å². The van der Waals surface area contributed by atoms with E-state index in [0.29, 0.717) is 12.4 Å². The molecule has 0 saturated carbocycles. The molecule has 0 radical (unpaired) electrons. The Balaban J connectivity index is 2.43. The largest absolute Gasteiger partial charge is 0.481 e. The van der Waals surface area contributed by atoms with E-state index in [4.69, 9.17) is 10.5 Å². The summed E-state index contributed by atoms with van der Waals surface area (Å²) in [5.41, 5.74) is 7.48. The summed E-state index contributed by atoms with van der Waals surface area (Å²) in [5, 5.41) is 1.10. The van der Waals surface area contributed by atoms with Crippen LogP contribution in [0.4, 0.5) is 0 Å². The van der Waals surface area contributed by atoms with E-state index in [0.717, 1.165) is 16.5 Å². The van der Waals surface area contributed by atoms with E-state index in [9.17, 15) is 0 Å². The standard InChI is InChI=1S/C13H14N2O/c1-16-13-7-5-11-9-10(3-2-8-14)4-6-12(11)15-13/h2-7,9H,8,14H2,1H3. The van der Waals surface area contributed by atoms with Gasteiger partial charge in [0.1, 0.15) is 0 Å². The second-order valence-electron chi connectivity index (χ2n) is 3.44. The summed E-state index contributed by atoms with van der Waals surface area (Å²) in [4.78, 5) is 4.34. The van der Waals surface area contributed by atoms with Gasteiger partial charge in [-0.05, 0) is 23.8 Å². The summed E-state index contributed by atoms with van der Waals surface area (Å²) < 4.78 is 5.08. The van der Waals surface area contributed by atoms with Gasteiger partial charge in [0.25, 0.3) is 0 Å². The molecule has 0 unspecified atom stereocenters. The third kappa shape index (κ3) is 2.20. The third-order valence-corrected chi connectivity index (χ3v) is 2.34. The fourth-order valence-corrected chi connectivity index (χ4v) is 1.55. The lowest BCUT2D eigenvalue weighted by atomic mass is 10.1. The average Bonchev–Trinajstić information content (AvgIpc) is 2.35. The molecule has 2 rings (SSSR count). The summed E-state index contributed by atoms with van der Waals surface area (Å²) in [6.07, 6.45) is 3.93. The van der Waals surface area contributed by atoms with Gasteiger partial charge in [-0.2, -0.15) is 0 Å². The molecular weight excluding hydrogens is 200 g/mol. The molecule has 1 aromatic heterocycles.